The zero-order chi connectivity index (χ0) is 15.9. The SMILES string of the molecule is NCCN1CCN(C(=O)C(=O)NCc2ccccc2F)CC1. The molecule has 3 N–H and O–H groups in total. The number of nitrogens with two attached hydrogens (primary N) is 1. The summed E-state index contributed by atoms with van der Waals surface area (Å²) in [6.07, 6.45) is 0. The van der Waals surface area contributed by atoms with E-state index < -0.39 is 17.6 Å². The first-order valence-corrected chi connectivity index (χ1v) is 7.34. The number of hydrogen-bond acceptors (Lipinski definition) is 4. The molecule has 0 spiro atoms. The van der Waals surface area contributed by atoms with Gasteiger partial charge in [0.2, 0.25) is 0 Å². The Kier molecular flexibility index (Phi) is 5.85. The van der Waals surface area contributed by atoms with E-state index in [1.165, 1.54) is 11.0 Å². The maximum absolute atomic E-state index is 13.4. The Labute approximate surface area is 129 Å². The van der Waals surface area contributed by atoms with Crippen molar-refractivity contribution in [2.24, 2.45) is 5.73 Å². The van der Waals surface area contributed by atoms with E-state index in [1.54, 1.807) is 18.2 Å². The quantitative estimate of drug-likeness (QED) is 0.738. The third kappa shape index (κ3) is 4.25. The number of piperazine rings is 1. The van der Waals surface area contributed by atoms with Crippen molar-refractivity contribution in [1.29, 1.82) is 0 Å². The second-order valence-corrected chi connectivity index (χ2v) is 5.20. The fraction of sp³-hybridized carbons (Fsp3) is 0.467. The molecule has 0 unspecified atom stereocenters. The van der Waals surface area contributed by atoms with E-state index in [4.69, 9.17) is 5.73 Å². The number of rotatable bonds is 4. The number of hydrogen-bond donors (Lipinski definition) is 2. The average Bonchev–Trinajstić information content (AvgIpc) is 2.54. The Hall–Kier alpha value is -1.99. The summed E-state index contributed by atoms with van der Waals surface area (Å²) in [5.74, 6) is -1.66. The van der Waals surface area contributed by atoms with Gasteiger partial charge in [0.15, 0.2) is 0 Å². The van der Waals surface area contributed by atoms with Crippen LogP contribution in [0.25, 0.3) is 0 Å². The topological polar surface area (TPSA) is 78.7 Å². The molecular weight excluding hydrogens is 287 g/mol. The summed E-state index contributed by atoms with van der Waals surface area (Å²) in [7, 11) is 0. The average molecular weight is 308 g/mol. The van der Waals surface area contributed by atoms with Crippen molar-refractivity contribution in [1.82, 2.24) is 15.1 Å². The second-order valence-electron chi connectivity index (χ2n) is 5.20. The summed E-state index contributed by atoms with van der Waals surface area (Å²) in [4.78, 5) is 27.6. The van der Waals surface area contributed by atoms with Crippen molar-refractivity contribution in [3.63, 3.8) is 0 Å². The van der Waals surface area contributed by atoms with Crippen LogP contribution in [0.1, 0.15) is 5.56 Å². The van der Waals surface area contributed by atoms with Crippen LogP contribution in [-0.4, -0.2) is 60.9 Å². The molecule has 0 radical (unpaired) electrons. The molecule has 2 amide bonds. The van der Waals surface area contributed by atoms with Gasteiger partial charge in [0.25, 0.3) is 0 Å². The summed E-state index contributed by atoms with van der Waals surface area (Å²) >= 11 is 0. The molecule has 1 saturated heterocycles. The van der Waals surface area contributed by atoms with Crippen LogP contribution in [0.4, 0.5) is 4.39 Å². The number of carbonyl (C=O) groups is 2. The molecule has 7 heteroatoms. The van der Waals surface area contributed by atoms with E-state index in [9.17, 15) is 14.0 Å². The van der Waals surface area contributed by atoms with E-state index in [-0.39, 0.29) is 6.54 Å². The first kappa shape index (κ1) is 16.4. The fourth-order valence-corrected chi connectivity index (χ4v) is 2.39. The maximum Gasteiger partial charge on any atom is 0.311 e. The molecular formula is C15H21FN4O2. The van der Waals surface area contributed by atoms with E-state index in [2.05, 4.69) is 10.2 Å². The van der Waals surface area contributed by atoms with Crippen LogP contribution in [0.5, 0.6) is 0 Å². The molecule has 6 nitrogen and oxygen atoms in total. The Morgan fingerprint density at radius 3 is 2.50 bits per heavy atom. The molecule has 1 heterocycles. The second kappa shape index (κ2) is 7.86. The van der Waals surface area contributed by atoms with Crippen LogP contribution in [0.2, 0.25) is 0 Å². The van der Waals surface area contributed by atoms with E-state index in [0.29, 0.717) is 38.3 Å². The molecule has 0 saturated carbocycles. The summed E-state index contributed by atoms with van der Waals surface area (Å²) in [5, 5.41) is 2.47. The lowest BCUT2D eigenvalue weighted by molar-refractivity contribution is -0.147. The van der Waals surface area contributed by atoms with Gasteiger partial charge in [0, 0.05) is 51.4 Å². The number of nitrogens with one attached hydrogen (secondary N) is 1. The van der Waals surface area contributed by atoms with Crippen LogP contribution >= 0.6 is 0 Å². The normalized spacial score (nSPS) is 15.6. The minimum absolute atomic E-state index is 0.00435. The van der Waals surface area contributed by atoms with Gasteiger partial charge in [-0.3, -0.25) is 14.5 Å². The summed E-state index contributed by atoms with van der Waals surface area (Å²) in [6, 6.07) is 6.15. The third-order valence-electron chi connectivity index (χ3n) is 3.70. The molecule has 1 fully saturated rings. The van der Waals surface area contributed by atoms with E-state index in [0.717, 1.165) is 6.54 Å². The van der Waals surface area contributed by atoms with Gasteiger partial charge in [-0.05, 0) is 6.07 Å². The number of nitrogens with zero attached hydrogens (tertiary/aromatic N) is 2. The molecule has 120 valence electrons. The molecule has 0 atom stereocenters. The van der Waals surface area contributed by atoms with Gasteiger partial charge < -0.3 is 16.0 Å². The predicted molar refractivity (Wildman–Crippen MR) is 80.3 cm³/mol. The van der Waals surface area contributed by atoms with Crippen LogP contribution in [-0.2, 0) is 16.1 Å². The molecule has 0 aromatic heterocycles. The van der Waals surface area contributed by atoms with Gasteiger partial charge >= 0.3 is 11.8 Å². The Bertz CT molecular complexity index is 530. The lowest BCUT2D eigenvalue weighted by atomic mass is 10.2. The Balaban J connectivity index is 1.80. The highest BCUT2D eigenvalue weighted by Crippen LogP contribution is 2.06. The first-order valence-electron chi connectivity index (χ1n) is 7.34. The van der Waals surface area contributed by atoms with Gasteiger partial charge in [-0.25, -0.2) is 4.39 Å². The fourth-order valence-electron chi connectivity index (χ4n) is 2.39. The highest BCUT2D eigenvalue weighted by atomic mass is 19.1. The molecule has 0 aliphatic carbocycles. The molecule has 2 rings (SSSR count). The van der Waals surface area contributed by atoms with Crippen molar-refractivity contribution < 1.29 is 14.0 Å². The summed E-state index contributed by atoms with van der Waals surface area (Å²) in [6.45, 7) is 3.81. The number of amides is 2. The minimum Gasteiger partial charge on any atom is -0.344 e. The minimum atomic E-state index is -0.699. The smallest absolute Gasteiger partial charge is 0.311 e. The van der Waals surface area contributed by atoms with Crippen molar-refractivity contribution >= 4 is 11.8 Å². The first-order chi connectivity index (χ1) is 10.6. The van der Waals surface area contributed by atoms with Crippen LogP contribution in [0, 0.1) is 5.82 Å². The van der Waals surface area contributed by atoms with Crippen LogP contribution in [0.3, 0.4) is 0 Å². The summed E-state index contributed by atoms with van der Waals surface area (Å²) < 4.78 is 13.4. The largest absolute Gasteiger partial charge is 0.344 e. The van der Waals surface area contributed by atoms with Crippen molar-refractivity contribution in [3.8, 4) is 0 Å². The molecule has 1 aromatic carbocycles. The highest BCUT2D eigenvalue weighted by molar-refractivity contribution is 6.34. The number of halogens is 1. The zero-order valence-electron chi connectivity index (χ0n) is 12.4. The lowest BCUT2D eigenvalue weighted by Crippen LogP contribution is -2.53. The van der Waals surface area contributed by atoms with Gasteiger partial charge in [-0.15, -0.1) is 0 Å². The molecule has 22 heavy (non-hydrogen) atoms. The number of benzene rings is 1. The summed E-state index contributed by atoms with van der Waals surface area (Å²) in [5.41, 5.74) is 5.85. The lowest BCUT2D eigenvalue weighted by Gasteiger charge is -2.34. The maximum atomic E-state index is 13.4. The van der Waals surface area contributed by atoms with Crippen LogP contribution < -0.4 is 11.1 Å². The molecule has 1 aliphatic rings. The van der Waals surface area contributed by atoms with Gasteiger partial charge in [0.05, 0.1) is 0 Å². The van der Waals surface area contributed by atoms with Gasteiger partial charge in [0.1, 0.15) is 5.82 Å². The molecule has 1 aliphatic heterocycles. The number of carbonyl (C=O) groups excluding carboxylic acids is 2. The van der Waals surface area contributed by atoms with E-state index in [1.807, 2.05) is 0 Å². The molecule has 0 bridgehead atoms. The zero-order valence-corrected chi connectivity index (χ0v) is 12.4. The Morgan fingerprint density at radius 1 is 1.18 bits per heavy atom. The Morgan fingerprint density at radius 2 is 1.86 bits per heavy atom. The van der Waals surface area contributed by atoms with E-state index >= 15 is 0 Å². The third-order valence-corrected chi connectivity index (χ3v) is 3.70. The highest BCUT2D eigenvalue weighted by Gasteiger charge is 2.25. The molecule has 1 aromatic rings. The van der Waals surface area contributed by atoms with Crippen LogP contribution in [0.15, 0.2) is 24.3 Å². The van der Waals surface area contributed by atoms with Crippen molar-refractivity contribution in [2.45, 2.75) is 6.54 Å². The van der Waals surface area contributed by atoms with Gasteiger partial charge in [-0.1, -0.05) is 18.2 Å². The predicted octanol–water partition coefficient (Wildman–Crippen LogP) is -0.455. The standard InChI is InChI=1S/C15H21FN4O2/c16-13-4-2-1-3-12(13)11-18-14(21)15(22)20-9-7-19(6-5-17)8-10-20/h1-4H,5-11,17H2,(H,18,21). The van der Waals surface area contributed by atoms with Crippen molar-refractivity contribution in [3.05, 3.63) is 35.6 Å². The van der Waals surface area contributed by atoms with Crippen molar-refractivity contribution in [2.75, 3.05) is 39.3 Å². The monoisotopic (exact) mass is 308 g/mol. The van der Waals surface area contributed by atoms with Gasteiger partial charge in [-0.2, -0.15) is 0 Å².